The maximum absolute atomic E-state index is 11.7. The van der Waals surface area contributed by atoms with Crippen LogP contribution in [-0.2, 0) is 23.9 Å². The predicted molar refractivity (Wildman–Crippen MR) is 64.7 cm³/mol. The second-order valence-corrected chi connectivity index (χ2v) is 4.35. The van der Waals surface area contributed by atoms with Crippen LogP contribution in [-0.4, -0.2) is 37.6 Å². The average molecular weight is 259 g/mol. The van der Waals surface area contributed by atoms with Crippen LogP contribution in [0.5, 0.6) is 0 Å². The Morgan fingerprint density at radius 3 is 2.17 bits per heavy atom. The zero-order valence-corrected chi connectivity index (χ0v) is 11.5. The van der Waals surface area contributed by atoms with E-state index in [2.05, 4.69) is 14.8 Å². The molecule has 2 atom stereocenters. The quantitative estimate of drug-likeness (QED) is 0.708. The van der Waals surface area contributed by atoms with Crippen molar-refractivity contribution in [3.8, 4) is 0 Å². The van der Waals surface area contributed by atoms with Crippen molar-refractivity contribution >= 4 is 17.8 Å². The molecule has 0 saturated carbocycles. The van der Waals surface area contributed by atoms with Crippen molar-refractivity contribution in [2.75, 3.05) is 14.2 Å². The molecular formula is C12H21NO5. The molecule has 6 heteroatoms. The number of carbonyl (C=O) groups is 3. The van der Waals surface area contributed by atoms with Gasteiger partial charge in [-0.3, -0.25) is 9.59 Å². The lowest BCUT2D eigenvalue weighted by Gasteiger charge is -2.26. The summed E-state index contributed by atoms with van der Waals surface area (Å²) in [6.45, 7) is 4.94. The summed E-state index contributed by atoms with van der Waals surface area (Å²) >= 11 is 0. The first-order valence-corrected chi connectivity index (χ1v) is 5.78. The van der Waals surface area contributed by atoms with E-state index in [9.17, 15) is 14.4 Å². The molecule has 0 aromatic rings. The zero-order valence-electron chi connectivity index (χ0n) is 11.5. The molecule has 0 heterocycles. The van der Waals surface area contributed by atoms with Crippen LogP contribution in [0.3, 0.4) is 0 Å². The third-order valence-electron chi connectivity index (χ3n) is 2.85. The van der Waals surface area contributed by atoms with Gasteiger partial charge in [0.2, 0.25) is 5.91 Å². The van der Waals surface area contributed by atoms with Gasteiger partial charge in [-0.15, -0.1) is 0 Å². The second-order valence-electron chi connectivity index (χ2n) is 4.35. The minimum absolute atomic E-state index is 0.0285. The lowest BCUT2D eigenvalue weighted by atomic mass is 9.98. The Kier molecular flexibility index (Phi) is 6.36. The van der Waals surface area contributed by atoms with Gasteiger partial charge in [0.05, 0.1) is 20.1 Å². The standard InChI is InChI=1S/C12H21NO5/c1-6-12(3,11(16)18-5)13-9(14)7-8(2)10(15)17-4/h8H,6-7H2,1-5H3,(H,13,14)/t8-,12-/m0/s1. The van der Waals surface area contributed by atoms with Gasteiger partial charge in [-0.05, 0) is 13.3 Å². The molecule has 0 fully saturated rings. The molecule has 6 nitrogen and oxygen atoms in total. The maximum atomic E-state index is 11.7. The highest BCUT2D eigenvalue weighted by atomic mass is 16.5. The largest absolute Gasteiger partial charge is 0.469 e. The summed E-state index contributed by atoms with van der Waals surface area (Å²) in [5, 5.41) is 2.58. The minimum atomic E-state index is -1.07. The molecule has 0 spiro atoms. The molecule has 1 N–H and O–H groups in total. The second kappa shape index (κ2) is 6.98. The first-order chi connectivity index (χ1) is 8.30. The van der Waals surface area contributed by atoms with Crippen LogP contribution in [0.2, 0.25) is 0 Å². The van der Waals surface area contributed by atoms with Gasteiger partial charge in [0.1, 0.15) is 5.54 Å². The molecule has 0 saturated heterocycles. The molecule has 0 bridgehead atoms. The van der Waals surface area contributed by atoms with Crippen molar-refractivity contribution in [3.05, 3.63) is 0 Å². The number of carbonyl (C=O) groups excluding carboxylic acids is 3. The fourth-order valence-corrected chi connectivity index (χ4v) is 1.43. The Morgan fingerprint density at radius 1 is 1.22 bits per heavy atom. The summed E-state index contributed by atoms with van der Waals surface area (Å²) in [6, 6.07) is 0. The normalized spacial score (nSPS) is 15.2. The van der Waals surface area contributed by atoms with Gasteiger partial charge in [0, 0.05) is 6.42 Å². The van der Waals surface area contributed by atoms with Crippen LogP contribution in [0.15, 0.2) is 0 Å². The van der Waals surface area contributed by atoms with E-state index in [-0.39, 0.29) is 12.3 Å². The number of rotatable bonds is 6. The van der Waals surface area contributed by atoms with Crippen LogP contribution in [0, 0.1) is 5.92 Å². The summed E-state index contributed by atoms with van der Waals surface area (Å²) in [5.41, 5.74) is -1.07. The van der Waals surface area contributed by atoms with Gasteiger partial charge in [0.15, 0.2) is 0 Å². The van der Waals surface area contributed by atoms with Crippen LogP contribution < -0.4 is 5.32 Å². The van der Waals surface area contributed by atoms with E-state index >= 15 is 0 Å². The van der Waals surface area contributed by atoms with Crippen molar-refractivity contribution in [3.63, 3.8) is 0 Å². The van der Waals surface area contributed by atoms with Crippen LogP contribution in [0.25, 0.3) is 0 Å². The Morgan fingerprint density at radius 2 is 1.78 bits per heavy atom. The molecule has 0 rings (SSSR count). The highest BCUT2D eigenvalue weighted by Crippen LogP contribution is 2.13. The smallest absolute Gasteiger partial charge is 0.331 e. The SMILES string of the molecule is CC[C@](C)(NC(=O)C[C@H](C)C(=O)OC)C(=O)OC. The van der Waals surface area contributed by atoms with Gasteiger partial charge in [-0.2, -0.15) is 0 Å². The summed E-state index contributed by atoms with van der Waals surface area (Å²) < 4.78 is 9.16. The molecule has 0 aromatic heterocycles. The third kappa shape index (κ3) is 4.35. The van der Waals surface area contributed by atoms with Crippen molar-refractivity contribution in [1.29, 1.82) is 0 Å². The number of hydrogen-bond acceptors (Lipinski definition) is 5. The molecule has 0 unspecified atom stereocenters. The maximum Gasteiger partial charge on any atom is 0.331 e. The highest BCUT2D eigenvalue weighted by molar-refractivity contribution is 5.89. The van der Waals surface area contributed by atoms with E-state index in [0.717, 1.165) is 0 Å². The van der Waals surface area contributed by atoms with E-state index in [1.54, 1.807) is 20.8 Å². The van der Waals surface area contributed by atoms with Crippen LogP contribution in [0.4, 0.5) is 0 Å². The molecule has 18 heavy (non-hydrogen) atoms. The number of amides is 1. The van der Waals surface area contributed by atoms with Crippen LogP contribution >= 0.6 is 0 Å². The minimum Gasteiger partial charge on any atom is -0.469 e. The van der Waals surface area contributed by atoms with Gasteiger partial charge >= 0.3 is 11.9 Å². The predicted octanol–water partition coefficient (Wildman–Crippen LogP) is 0.643. The van der Waals surface area contributed by atoms with Gasteiger partial charge < -0.3 is 14.8 Å². The number of esters is 2. The average Bonchev–Trinajstić information content (AvgIpc) is 2.35. The first-order valence-electron chi connectivity index (χ1n) is 5.78. The van der Waals surface area contributed by atoms with E-state index in [0.29, 0.717) is 6.42 Å². The summed E-state index contributed by atoms with van der Waals surface area (Å²) in [6.07, 6.45) is 0.372. The van der Waals surface area contributed by atoms with Gasteiger partial charge in [-0.1, -0.05) is 13.8 Å². The van der Waals surface area contributed by atoms with Gasteiger partial charge in [-0.25, -0.2) is 4.79 Å². The molecule has 0 aliphatic heterocycles. The molecule has 1 amide bonds. The molecular weight excluding hydrogens is 238 g/mol. The molecule has 0 aliphatic rings. The Labute approximate surface area is 107 Å². The lowest BCUT2D eigenvalue weighted by molar-refractivity contribution is -0.151. The van der Waals surface area contributed by atoms with E-state index in [1.165, 1.54) is 14.2 Å². The topological polar surface area (TPSA) is 81.7 Å². The molecule has 0 aliphatic carbocycles. The lowest BCUT2D eigenvalue weighted by Crippen LogP contribution is -2.52. The molecule has 0 aromatic carbocycles. The number of ether oxygens (including phenoxy) is 2. The van der Waals surface area contributed by atoms with Crippen LogP contribution in [0.1, 0.15) is 33.6 Å². The number of hydrogen-bond donors (Lipinski definition) is 1. The van der Waals surface area contributed by atoms with Crippen molar-refractivity contribution in [1.82, 2.24) is 5.32 Å². The van der Waals surface area contributed by atoms with Gasteiger partial charge in [0.25, 0.3) is 0 Å². The number of nitrogens with one attached hydrogen (secondary N) is 1. The fourth-order valence-electron chi connectivity index (χ4n) is 1.43. The summed E-state index contributed by atoms with van der Waals surface area (Å²) in [5.74, 6) is -1.90. The molecule has 0 radical (unpaired) electrons. The fraction of sp³-hybridized carbons (Fsp3) is 0.750. The van der Waals surface area contributed by atoms with Crippen molar-refractivity contribution < 1.29 is 23.9 Å². The first kappa shape index (κ1) is 16.4. The summed E-state index contributed by atoms with van der Waals surface area (Å²) in [4.78, 5) is 34.5. The Hall–Kier alpha value is -1.59. The monoisotopic (exact) mass is 259 g/mol. The van der Waals surface area contributed by atoms with E-state index in [1.807, 2.05) is 0 Å². The van der Waals surface area contributed by atoms with E-state index < -0.39 is 23.4 Å². The van der Waals surface area contributed by atoms with Crippen molar-refractivity contribution in [2.24, 2.45) is 5.92 Å². The number of methoxy groups -OCH3 is 2. The van der Waals surface area contributed by atoms with E-state index in [4.69, 9.17) is 0 Å². The zero-order chi connectivity index (χ0) is 14.3. The Bertz CT molecular complexity index is 328. The Balaban J connectivity index is 4.54. The summed E-state index contributed by atoms with van der Waals surface area (Å²) in [7, 11) is 2.53. The highest BCUT2D eigenvalue weighted by Gasteiger charge is 2.34. The van der Waals surface area contributed by atoms with Crippen molar-refractivity contribution in [2.45, 2.75) is 39.2 Å². The molecule has 104 valence electrons. The third-order valence-corrected chi connectivity index (χ3v) is 2.85.